The average Bonchev–Trinajstić information content (AvgIpc) is 2.39. The second kappa shape index (κ2) is 3.18. The van der Waals surface area contributed by atoms with Crippen molar-refractivity contribution in [2.24, 2.45) is 5.92 Å². The number of carbonyl (C=O) groups is 1. The lowest BCUT2D eigenvalue weighted by Crippen LogP contribution is -2.14. The Morgan fingerprint density at radius 3 is 2.91 bits per heavy atom. The van der Waals surface area contributed by atoms with Crippen LogP contribution in [0.5, 0.6) is 5.88 Å². The van der Waals surface area contributed by atoms with Crippen molar-refractivity contribution in [3.63, 3.8) is 0 Å². The van der Waals surface area contributed by atoms with Crippen LogP contribution in [-0.4, -0.2) is 11.0 Å². The van der Waals surface area contributed by atoms with Crippen molar-refractivity contribution in [3.05, 3.63) is 12.7 Å². The van der Waals surface area contributed by atoms with Crippen LogP contribution in [0.25, 0.3) is 0 Å². The number of oxazole rings is 1. The molecule has 0 amide bonds. The summed E-state index contributed by atoms with van der Waals surface area (Å²) in [6.07, 6.45) is 2.49. The van der Waals surface area contributed by atoms with Crippen LogP contribution in [-0.2, 0) is 4.79 Å². The van der Waals surface area contributed by atoms with Gasteiger partial charge in [-0.05, 0) is 0 Å². The molecular formula is C7H9NO3. The zero-order valence-electron chi connectivity index (χ0n) is 6.40. The molecule has 0 atom stereocenters. The SMILES string of the molecule is CC(C)C(=O)Oc1cocn1. The summed E-state index contributed by atoms with van der Waals surface area (Å²) in [5.41, 5.74) is 0. The van der Waals surface area contributed by atoms with Gasteiger partial charge in [-0.1, -0.05) is 13.8 Å². The van der Waals surface area contributed by atoms with Gasteiger partial charge in [0.15, 0.2) is 12.7 Å². The maximum atomic E-state index is 10.9. The van der Waals surface area contributed by atoms with E-state index in [-0.39, 0.29) is 17.8 Å². The van der Waals surface area contributed by atoms with Crippen LogP contribution in [0.4, 0.5) is 0 Å². The van der Waals surface area contributed by atoms with Gasteiger partial charge in [-0.2, -0.15) is 4.98 Å². The number of ether oxygens (including phenoxy) is 1. The van der Waals surface area contributed by atoms with Gasteiger partial charge >= 0.3 is 5.97 Å². The fraction of sp³-hybridized carbons (Fsp3) is 0.429. The van der Waals surface area contributed by atoms with Crippen molar-refractivity contribution in [1.82, 2.24) is 4.98 Å². The molecule has 4 nitrogen and oxygen atoms in total. The minimum Gasteiger partial charge on any atom is -0.448 e. The first kappa shape index (κ1) is 7.78. The highest BCUT2D eigenvalue weighted by molar-refractivity contribution is 5.73. The quantitative estimate of drug-likeness (QED) is 0.603. The van der Waals surface area contributed by atoms with E-state index in [2.05, 4.69) is 9.40 Å². The summed E-state index contributed by atoms with van der Waals surface area (Å²) >= 11 is 0. The Bertz CT molecular complexity index is 228. The molecule has 0 saturated heterocycles. The van der Waals surface area contributed by atoms with Crippen molar-refractivity contribution < 1.29 is 13.9 Å². The Balaban J connectivity index is 2.50. The molecule has 0 saturated carbocycles. The molecule has 1 aromatic heterocycles. The Labute approximate surface area is 64.2 Å². The molecule has 1 heterocycles. The van der Waals surface area contributed by atoms with E-state index in [9.17, 15) is 4.79 Å². The Kier molecular flexibility index (Phi) is 2.25. The minimum atomic E-state index is -0.307. The van der Waals surface area contributed by atoms with Crippen molar-refractivity contribution in [2.45, 2.75) is 13.8 Å². The highest BCUT2D eigenvalue weighted by Crippen LogP contribution is 2.07. The van der Waals surface area contributed by atoms with Crippen LogP contribution in [0.15, 0.2) is 17.1 Å². The number of hydrogen-bond donors (Lipinski definition) is 0. The number of esters is 1. The second-order valence-corrected chi connectivity index (χ2v) is 2.40. The van der Waals surface area contributed by atoms with Gasteiger partial charge in [0.1, 0.15) is 0 Å². The molecule has 4 heteroatoms. The summed E-state index contributed by atoms with van der Waals surface area (Å²) in [7, 11) is 0. The standard InChI is InChI=1S/C7H9NO3/c1-5(2)7(9)11-6-3-10-4-8-6/h3-5H,1-2H3. The minimum absolute atomic E-state index is 0.147. The van der Waals surface area contributed by atoms with Crippen molar-refractivity contribution >= 4 is 5.97 Å². The molecule has 0 aliphatic heterocycles. The number of hydrogen-bond acceptors (Lipinski definition) is 4. The molecule has 1 rings (SSSR count). The molecule has 0 fully saturated rings. The third-order valence-electron chi connectivity index (χ3n) is 1.09. The Morgan fingerprint density at radius 2 is 2.45 bits per heavy atom. The van der Waals surface area contributed by atoms with Gasteiger partial charge in [0.25, 0.3) is 5.88 Å². The lowest BCUT2D eigenvalue weighted by atomic mass is 10.2. The molecule has 0 aliphatic rings. The number of rotatable bonds is 2. The van der Waals surface area contributed by atoms with Gasteiger partial charge in [-0.3, -0.25) is 4.79 Å². The summed E-state index contributed by atoms with van der Waals surface area (Å²) in [6, 6.07) is 0. The van der Waals surface area contributed by atoms with Crippen molar-refractivity contribution in [2.75, 3.05) is 0 Å². The van der Waals surface area contributed by atoms with Crippen LogP contribution in [0.2, 0.25) is 0 Å². The summed E-state index contributed by atoms with van der Waals surface area (Å²) in [5.74, 6) is -0.241. The molecule has 11 heavy (non-hydrogen) atoms. The maximum absolute atomic E-state index is 10.9. The van der Waals surface area contributed by atoms with Crippen LogP contribution in [0.1, 0.15) is 13.8 Å². The molecule has 60 valence electrons. The number of nitrogens with zero attached hydrogens (tertiary/aromatic N) is 1. The Hall–Kier alpha value is -1.32. The number of carbonyl (C=O) groups excluding carboxylic acids is 1. The van der Waals surface area contributed by atoms with Gasteiger partial charge < -0.3 is 9.15 Å². The van der Waals surface area contributed by atoms with E-state index >= 15 is 0 Å². The first-order valence-corrected chi connectivity index (χ1v) is 3.30. The molecule has 0 bridgehead atoms. The summed E-state index contributed by atoms with van der Waals surface area (Å²) in [6.45, 7) is 3.50. The topological polar surface area (TPSA) is 52.3 Å². The molecule has 0 spiro atoms. The van der Waals surface area contributed by atoms with E-state index in [0.29, 0.717) is 0 Å². The van der Waals surface area contributed by atoms with Gasteiger partial charge in [-0.15, -0.1) is 0 Å². The second-order valence-electron chi connectivity index (χ2n) is 2.40. The highest BCUT2D eigenvalue weighted by atomic mass is 16.6. The van der Waals surface area contributed by atoms with E-state index < -0.39 is 0 Å². The van der Waals surface area contributed by atoms with Gasteiger partial charge in [0.05, 0.1) is 5.92 Å². The lowest BCUT2D eigenvalue weighted by molar-refractivity contribution is -0.138. The van der Waals surface area contributed by atoms with E-state index in [1.54, 1.807) is 13.8 Å². The highest BCUT2D eigenvalue weighted by Gasteiger charge is 2.10. The van der Waals surface area contributed by atoms with Crippen LogP contribution >= 0.6 is 0 Å². The van der Waals surface area contributed by atoms with Gasteiger partial charge in [0, 0.05) is 0 Å². The van der Waals surface area contributed by atoms with E-state index in [0.717, 1.165) is 0 Å². The number of aromatic nitrogens is 1. The third kappa shape index (κ3) is 2.07. The fourth-order valence-corrected chi connectivity index (χ4v) is 0.473. The summed E-state index contributed by atoms with van der Waals surface area (Å²) < 4.78 is 9.38. The van der Waals surface area contributed by atoms with Gasteiger partial charge in [0.2, 0.25) is 0 Å². The van der Waals surface area contributed by atoms with Gasteiger partial charge in [-0.25, -0.2) is 0 Å². The molecule has 0 N–H and O–H groups in total. The predicted octanol–water partition coefficient (Wildman–Crippen LogP) is 1.24. The molecule has 1 aromatic rings. The fourth-order valence-electron chi connectivity index (χ4n) is 0.473. The zero-order valence-corrected chi connectivity index (χ0v) is 6.40. The van der Waals surface area contributed by atoms with E-state index in [1.807, 2.05) is 0 Å². The monoisotopic (exact) mass is 155 g/mol. The molecule has 0 unspecified atom stereocenters. The Morgan fingerprint density at radius 1 is 1.73 bits per heavy atom. The zero-order chi connectivity index (χ0) is 8.27. The van der Waals surface area contributed by atoms with E-state index in [4.69, 9.17) is 4.74 Å². The largest absolute Gasteiger partial charge is 0.448 e. The first-order valence-electron chi connectivity index (χ1n) is 3.30. The first-order chi connectivity index (χ1) is 5.20. The van der Waals surface area contributed by atoms with E-state index in [1.165, 1.54) is 12.7 Å². The van der Waals surface area contributed by atoms with Crippen LogP contribution < -0.4 is 4.74 Å². The normalized spacial score (nSPS) is 10.1. The van der Waals surface area contributed by atoms with Crippen molar-refractivity contribution in [1.29, 1.82) is 0 Å². The lowest BCUT2D eigenvalue weighted by Gasteiger charge is -2.01. The summed E-state index contributed by atoms with van der Waals surface area (Å²) in [4.78, 5) is 14.5. The molecular weight excluding hydrogens is 146 g/mol. The van der Waals surface area contributed by atoms with Crippen LogP contribution in [0, 0.1) is 5.92 Å². The van der Waals surface area contributed by atoms with Crippen LogP contribution in [0.3, 0.4) is 0 Å². The predicted molar refractivity (Wildman–Crippen MR) is 37.0 cm³/mol. The smallest absolute Gasteiger partial charge is 0.315 e. The molecule has 0 aliphatic carbocycles. The third-order valence-corrected chi connectivity index (χ3v) is 1.09. The van der Waals surface area contributed by atoms with Crippen molar-refractivity contribution in [3.8, 4) is 5.88 Å². The molecule has 0 radical (unpaired) electrons. The molecule has 0 aromatic carbocycles. The average molecular weight is 155 g/mol. The maximum Gasteiger partial charge on any atom is 0.315 e. The summed E-state index contributed by atoms with van der Waals surface area (Å²) in [5, 5.41) is 0.